The Bertz CT molecular complexity index is 64.0. The zero-order valence-electron chi connectivity index (χ0n) is 5.38. The Labute approximate surface area is 71.0 Å². The third kappa shape index (κ3) is 4.19. The molecule has 9 heavy (non-hydrogen) atoms. The highest BCUT2D eigenvalue weighted by Gasteiger charge is 2.03. The Kier molecular flexibility index (Phi) is 5.99. The number of hydrogen-bond acceptors (Lipinski definition) is 3. The van der Waals surface area contributed by atoms with Crippen LogP contribution in [0.1, 0.15) is 19.3 Å². The van der Waals surface area contributed by atoms with Gasteiger partial charge in [0.1, 0.15) is 0 Å². The zero-order chi connectivity index (χ0) is 5.82. The monoisotopic (exact) mass is 212 g/mol. The van der Waals surface area contributed by atoms with Gasteiger partial charge in [-0.25, -0.2) is 0 Å². The topological polar surface area (TPSA) is 29.3 Å². The molecule has 56 valence electrons. The largest absolute Gasteiger partial charge is 0.259 e. The van der Waals surface area contributed by atoms with Crippen molar-refractivity contribution in [1.29, 1.82) is 0 Å². The van der Waals surface area contributed by atoms with Crippen LogP contribution in [0.5, 0.6) is 0 Å². The maximum absolute atomic E-state index is 5.53. The van der Waals surface area contributed by atoms with Gasteiger partial charge in [-0.1, -0.05) is 18.4 Å². The first-order valence-electron chi connectivity index (χ1n) is 3.05. The van der Waals surface area contributed by atoms with Gasteiger partial charge in [-0.3, -0.25) is 5.84 Å². The maximum Gasteiger partial charge on any atom is 0.0242 e. The van der Waals surface area contributed by atoms with Crippen molar-refractivity contribution in [3.8, 4) is 0 Å². The van der Waals surface area contributed by atoms with E-state index in [1.807, 2.05) is 4.41 Å². The molecule has 2 N–H and O–H groups in total. The average molecular weight is 213 g/mol. The molecule has 0 amide bonds. The molecule has 4 heteroatoms. The molecule has 0 saturated carbocycles. The summed E-state index contributed by atoms with van der Waals surface area (Å²) in [5.74, 6) is 6.74. The lowest BCUT2D eigenvalue weighted by atomic mass is 10.2. The Morgan fingerprint density at radius 3 is 2.78 bits per heavy atom. The van der Waals surface area contributed by atoms with Gasteiger partial charge in [-0.15, -0.1) is 17.0 Å². The third-order valence-corrected chi connectivity index (χ3v) is 2.27. The van der Waals surface area contributed by atoms with E-state index in [1.165, 1.54) is 25.0 Å². The first kappa shape index (κ1) is 9.75. The molecule has 0 aromatic rings. The molecule has 0 radical (unpaired) electrons. The summed E-state index contributed by atoms with van der Waals surface area (Å²) in [4.78, 5) is 0. The lowest BCUT2D eigenvalue weighted by molar-refractivity contribution is 0.485. The summed E-state index contributed by atoms with van der Waals surface area (Å²) < 4.78 is 1.84. The minimum absolute atomic E-state index is 0. The van der Waals surface area contributed by atoms with Crippen LogP contribution in [-0.2, 0) is 0 Å². The molecule has 1 rings (SSSR count). The molecule has 0 atom stereocenters. The molecular formula is C5H13BrN2S. The van der Waals surface area contributed by atoms with E-state index in [1.54, 1.807) is 11.9 Å². The van der Waals surface area contributed by atoms with Crippen LogP contribution in [-0.4, -0.2) is 16.7 Å². The number of hydrazine groups is 1. The minimum Gasteiger partial charge on any atom is -0.259 e. The lowest BCUT2D eigenvalue weighted by Gasteiger charge is -2.08. The quantitative estimate of drug-likeness (QED) is 0.489. The van der Waals surface area contributed by atoms with Crippen molar-refractivity contribution in [2.45, 2.75) is 19.3 Å². The maximum atomic E-state index is 5.53. The fraction of sp³-hybridized carbons (Fsp3) is 1.00. The van der Waals surface area contributed by atoms with E-state index in [4.69, 9.17) is 5.84 Å². The second kappa shape index (κ2) is 5.53. The van der Waals surface area contributed by atoms with Gasteiger partial charge < -0.3 is 0 Å². The van der Waals surface area contributed by atoms with Crippen LogP contribution in [0.15, 0.2) is 0 Å². The highest BCUT2D eigenvalue weighted by molar-refractivity contribution is 8.93. The van der Waals surface area contributed by atoms with Crippen molar-refractivity contribution in [3.05, 3.63) is 0 Å². The molecule has 1 aliphatic heterocycles. The van der Waals surface area contributed by atoms with Gasteiger partial charge in [0.05, 0.1) is 0 Å². The van der Waals surface area contributed by atoms with Gasteiger partial charge in [0.25, 0.3) is 0 Å². The molecule has 0 unspecified atom stereocenters. The fourth-order valence-corrected chi connectivity index (χ4v) is 1.62. The number of halogens is 1. The summed E-state index contributed by atoms with van der Waals surface area (Å²) in [5, 5.41) is 0. The number of hydrogen-bond donors (Lipinski definition) is 1. The van der Waals surface area contributed by atoms with Crippen molar-refractivity contribution in [2.24, 2.45) is 5.84 Å². The van der Waals surface area contributed by atoms with Crippen LogP contribution in [0.4, 0.5) is 0 Å². The predicted octanol–water partition coefficient (Wildman–Crippen LogP) is 1.57. The summed E-state index contributed by atoms with van der Waals surface area (Å²) in [6.07, 6.45) is 3.95. The van der Waals surface area contributed by atoms with Crippen molar-refractivity contribution < 1.29 is 0 Å². The van der Waals surface area contributed by atoms with E-state index in [0.29, 0.717) is 0 Å². The van der Waals surface area contributed by atoms with Gasteiger partial charge in [0.2, 0.25) is 0 Å². The summed E-state index contributed by atoms with van der Waals surface area (Å²) in [6, 6.07) is 0. The molecule has 0 aliphatic carbocycles. The number of rotatable bonds is 0. The molecule has 0 aromatic carbocycles. The fourth-order valence-electron chi connectivity index (χ4n) is 0.793. The molecule has 2 nitrogen and oxygen atoms in total. The summed E-state index contributed by atoms with van der Waals surface area (Å²) in [7, 11) is 0. The first-order valence-corrected chi connectivity index (χ1v) is 3.99. The van der Waals surface area contributed by atoms with E-state index in [0.717, 1.165) is 6.54 Å². The molecule has 0 aromatic heterocycles. The zero-order valence-corrected chi connectivity index (χ0v) is 7.91. The second-order valence-electron chi connectivity index (χ2n) is 2.03. The second-order valence-corrected chi connectivity index (χ2v) is 3.17. The van der Waals surface area contributed by atoms with Gasteiger partial charge in [0, 0.05) is 12.3 Å². The summed E-state index contributed by atoms with van der Waals surface area (Å²) >= 11 is 1.75. The van der Waals surface area contributed by atoms with E-state index in [-0.39, 0.29) is 17.0 Å². The normalized spacial score (nSPS) is 22.3. The van der Waals surface area contributed by atoms with Crippen molar-refractivity contribution >= 4 is 28.9 Å². The number of nitrogens with zero attached hydrogens (tertiary/aromatic N) is 1. The summed E-state index contributed by atoms with van der Waals surface area (Å²) in [5.41, 5.74) is 0. The highest BCUT2D eigenvalue weighted by atomic mass is 79.9. The Morgan fingerprint density at radius 1 is 1.22 bits per heavy atom. The van der Waals surface area contributed by atoms with Gasteiger partial charge in [0.15, 0.2) is 0 Å². The standard InChI is InChI=1S/C5H12N2S.BrH/c6-7-4-2-1-3-5-8-7;/h1-6H2;1H. The van der Waals surface area contributed by atoms with E-state index in [2.05, 4.69) is 0 Å². The van der Waals surface area contributed by atoms with Crippen LogP contribution in [0.25, 0.3) is 0 Å². The Morgan fingerprint density at radius 2 is 2.00 bits per heavy atom. The Balaban J connectivity index is 0.000000640. The van der Waals surface area contributed by atoms with Crippen LogP contribution in [0, 0.1) is 0 Å². The first-order chi connectivity index (χ1) is 3.89. The van der Waals surface area contributed by atoms with E-state index >= 15 is 0 Å². The Hall–Kier alpha value is 0.750. The highest BCUT2D eigenvalue weighted by Crippen LogP contribution is 2.14. The smallest absolute Gasteiger partial charge is 0.0242 e. The SMILES string of the molecule is Br.NN1CCCCCS1. The van der Waals surface area contributed by atoms with Gasteiger partial charge >= 0.3 is 0 Å². The molecular weight excluding hydrogens is 200 g/mol. The predicted molar refractivity (Wildman–Crippen MR) is 47.5 cm³/mol. The van der Waals surface area contributed by atoms with Crippen LogP contribution in [0.2, 0.25) is 0 Å². The molecule has 1 saturated heterocycles. The minimum atomic E-state index is 0. The molecule has 1 fully saturated rings. The van der Waals surface area contributed by atoms with E-state index in [9.17, 15) is 0 Å². The molecule has 0 spiro atoms. The lowest BCUT2D eigenvalue weighted by Crippen LogP contribution is -2.23. The van der Waals surface area contributed by atoms with Crippen molar-refractivity contribution in [1.82, 2.24) is 4.41 Å². The van der Waals surface area contributed by atoms with Crippen molar-refractivity contribution in [3.63, 3.8) is 0 Å². The molecule has 1 heterocycles. The van der Waals surface area contributed by atoms with Crippen LogP contribution in [0.3, 0.4) is 0 Å². The van der Waals surface area contributed by atoms with Gasteiger partial charge in [-0.2, -0.15) is 4.41 Å². The van der Waals surface area contributed by atoms with Crippen molar-refractivity contribution in [2.75, 3.05) is 12.3 Å². The van der Waals surface area contributed by atoms with Crippen LogP contribution >= 0.6 is 28.9 Å². The summed E-state index contributed by atoms with van der Waals surface area (Å²) in [6.45, 7) is 1.06. The van der Waals surface area contributed by atoms with Crippen LogP contribution < -0.4 is 5.84 Å². The number of nitrogens with two attached hydrogens (primary N) is 1. The molecule has 1 aliphatic rings. The van der Waals surface area contributed by atoms with E-state index < -0.39 is 0 Å². The third-order valence-electron chi connectivity index (χ3n) is 1.28. The van der Waals surface area contributed by atoms with Gasteiger partial charge in [-0.05, 0) is 12.8 Å². The average Bonchev–Trinajstić information content (AvgIpc) is 1.94. The molecule has 0 bridgehead atoms.